The average Bonchev–Trinajstić information content (AvgIpc) is 2.37. The predicted octanol–water partition coefficient (Wildman–Crippen LogP) is 5.15. The zero-order valence-corrected chi connectivity index (χ0v) is 12.1. The fourth-order valence-corrected chi connectivity index (χ4v) is 2.89. The second kappa shape index (κ2) is 6.35. The maximum Gasteiger partial charge on any atom is 0.123 e. The van der Waals surface area contributed by atoms with Gasteiger partial charge in [-0.15, -0.1) is 11.6 Å². The number of alkyl halides is 1. The van der Waals surface area contributed by atoms with Gasteiger partial charge in [0.2, 0.25) is 0 Å². The van der Waals surface area contributed by atoms with Gasteiger partial charge in [-0.05, 0) is 35.7 Å². The van der Waals surface area contributed by atoms with E-state index in [1.165, 1.54) is 6.07 Å². The monoisotopic (exact) mass is 326 g/mol. The van der Waals surface area contributed by atoms with E-state index in [9.17, 15) is 4.39 Å². The Labute approximate surface area is 120 Å². The van der Waals surface area contributed by atoms with Crippen LogP contribution in [-0.2, 0) is 6.42 Å². The summed E-state index contributed by atoms with van der Waals surface area (Å²) in [5.74, 6) is 0.496. The van der Waals surface area contributed by atoms with E-state index in [4.69, 9.17) is 11.6 Å². The molecule has 0 aliphatic heterocycles. The summed E-state index contributed by atoms with van der Waals surface area (Å²) in [6.07, 6.45) is 0.740. The maximum atomic E-state index is 13.2. The van der Waals surface area contributed by atoms with Crippen LogP contribution in [0.3, 0.4) is 0 Å². The van der Waals surface area contributed by atoms with Crippen LogP contribution in [0, 0.1) is 5.82 Å². The molecule has 0 aromatic heterocycles. The van der Waals surface area contributed by atoms with Crippen LogP contribution in [0.1, 0.15) is 17.0 Å². The highest BCUT2D eigenvalue weighted by molar-refractivity contribution is 9.10. The summed E-state index contributed by atoms with van der Waals surface area (Å²) in [4.78, 5) is 0. The second-order valence-corrected chi connectivity index (χ2v) is 5.37. The lowest BCUT2D eigenvalue weighted by atomic mass is 9.93. The van der Waals surface area contributed by atoms with Crippen molar-refractivity contribution in [2.24, 2.45) is 0 Å². The number of hydrogen-bond donors (Lipinski definition) is 0. The van der Waals surface area contributed by atoms with Crippen LogP contribution < -0.4 is 0 Å². The van der Waals surface area contributed by atoms with Crippen LogP contribution in [0.25, 0.3) is 0 Å². The van der Waals surface area contributed by atoms with Gasteiger partial charge in [0.1, 0.15) is 5.82 Å². The quantitative estimate of drug-likeness (QED) is 0.681. The van der Waals surface area contributed by atoms with Gasteiger partial charge in [0.15, 0.2) is 0 Å². The summed E-state index contributed by atoms with van der Waals surface area (Å²) in [6.45, 7) is 0. The lowest BCUT2D eigenvalue weighted by molar-refractivity contribution is 0.623. The van der Waals surface area contributed by atoms with E-state index in [1.807, 2.05) is 24.3 Å². The van der Waals surface area contributed by atoms with Crippen molar-refractivity contribution in [3.63, 3.8) is 0 Å². The van der Waals surface area contributed by atoms with E-state index in [2.05, 4.69) is 22.0 Å². The molecule has 2 rings (SSSR count). The van der Waals surface area contributed by atoms with Gasteiger partial charge in [-0.1, -0.05) is 46.3 Å². The Kier molecular flexibility index (Phi) is 4.79. The summed E-state index contributed by atoms with van der Waals surface area (Å²) in [5.41, 5.74) is 2.13. The molecule has 0 aliphatic carbocycles. The number of benzene rings is 2. The molecule has 0 spiro atoms. The van der Waals surface area contributed by atoms with Crippen LogP contribution in [0.5, 0.6) is 0 Å². The van der Waals surface area contributed by atoms with Crippen molar-refractivity contribution in [3.05, 3.63) is 69.9 Å². The molecule has 0 heterocycles. The van der Waals surface area contributed by atoms with Crippen LogP contribution in [0.2, 0.25) is 0 Å². The van der Waals surface area contributed by atoms with Crippen molar-refractivity contribution >= 4 is 27.5 Å². The van der Waals surface area contributed by atoms with Gasteiger partial charge in [-0.3, -0.25) is 0 Å². The van der Waals surface area contributed by atoms with Gasteiger partial charge < -0.3 is 0 Å². The van der Waals surface area contributed by atoms with Crippen molar-refractivity contribution in [2.75, 3.05) is 5.88 Å². The fraction of sp³-hybridized carbons (Fsp3) is 0.200. The summed E-state index contributed by atoms with van der Waals surface area (Å²) in [7, 11) is 0. The van der Waals surface area contributed by atoms with Gasteiger partial charge >= 0.3 is 0 Å². The average molecular weight is 328 g/mol. The summed E-state index contributed by atoms with van der Waals surface area (Å²) >= 11 is 9.58. The van der Waals surface area contributed by atoms with Crippen molar-refractivity contribution in [3.8, 4) is 0 Å². The van der Waals surface area contributed by atoms with Crippen molar-refractivity contribution in [2.45, 2.75) is 12.3 Å². The van der Waals surface area contributed by atoms with Crippen LogP contribution in [0.15, 0.2) is 53.0 Å². The van der Waals surface area contributed by atoms with Gasteiger partial charge in [0.25, 0.3) is 0 Å². The third kappa shape index (κ3) is 3.33. The molecule has 94 valence electrons. The number of rotatable bonds is 4. The minimum Gasteiger partial charge on any atom is -0.207 e. The second-order valence-electron chi connectivity index (χ2n) is 4.21. The Morgan fingerprint density at radius 1 is 1.11 bits per heavy atom. The Bertz CT molecular complexity index is 527. The summed E-state index contributed by atoms with van der Waals surface area (Å²) in [5, 5.41) is 0. The SMILES string of the molecule is Fc1cccc(CC(CCl)c2ccccc2Br)c1. The first-order valence-electron chi connectivity index (χ1n) is 5.75. The number of halogens is 3. The van der Waals surface area contributed by atoms with Gasteiger partial charge in [0.05, 0.1) is 0 Å². The third-order valence-electron chi connectivity index (χ3n) is 2.90. The molecule has 1 unspecified atom stereocenters. The summed E-state index contributed by atoms with van der Waals surface area (Å²) < 4.78 is 14.2. The van der Waals surface area contributed by atoms with Gasteiger partial charge in [-0.25, -0.2) is 4.39 Å². The molecule has 2 aromatic carbocycles. The molecule has 0 saturated carbocycles. The normalized spacial score (nSPS) is 12.4. The highest BCUT2D eigenvalue weighted by Gasteiger charge is 2.14. The fourth-order valence-electron chi connectivity index (χ4n) is 2.00. The van der Waals surface area contributed by atoms with Crippen molar-refractivity contribution < 1.29 is 4.39 Å². The molecule has 1 atom stereocenters. The molecule has 2 aromatic rings. The number of hydrogen-bond acceptors (Lipinski definition) is 0. The molecule has 0 amide bonds. The highest BCUT2D eigenvalue weighted by atomic mass is 79.9. The van der Waals surface area contributed by atoms with E-state index in [0.29, 0.717) is 5.88 Å². The molecule has 0 radical (unpaired) electrons. The topological polar surface area (TPSA) is 0 Å². The first kappa shape index (κ1) is 13.6. The Morgan fingerprint density at radius 3 is 2.56 bits per heavy atom. The van der Waals surface area contributed by atoms with E-state index < -0.39 is 0 Å². The lowest BCUT2D eigenvalue weighted by Gasteiger charge is -2.16. The Balaban J connectivity index is 2.23. The van der Waals surface area contributed by atoms with Crippen molar-refractivity contribution in [1.29, 1.82) is 0 Å². The molecule has 0 N–H and O–H groups in total. The maximum absolute atomic E-state index is 13.2. The third-order valence-corrected chi connectivity index (χ3v) is 4.00. The lowest BCUT2D eigenvalue weighted by Crippen LogP contribution is -2.05. The molecule has 0 saturated heterocycles. The van der Waals surface area contributed by atoms with Crippen LogP contribution in [0.4, 0.5) is 4.39 Å². The molecule has 18 heavy (non-hydrogen) atoms. The first-order chi connectivity index (χ1) is 8.70. The largest absolute Gasteiger partial charge is 0.207 e. The molecule has 0 bridgehead atoms. The molecule has 0 fully saturated rings. The minimum atomic E-state index is -0.201. The molecule has 0 aliphatic rings. The molecular formula is C15H13BrClF. The minimum absolute atomic E-state index is 0.184. The highest BCUT2D eigenvalue weighted by Crippen LogP contribution is 2.28. The standard InChI is InChI=1S/C15H13BrClF/c16-15-7-2-1-6-14(15)12(10-17)8-11-4-3-5-13(18)9-11/h1-7,9,12H,8,10H2. The predicted molar refractivity (Wildman–Crippen MR) is 77.7 cm³/mol. The van der Waals surface area contributed by atoms with E-state index in [0.717, 1.165) is 22.0 Å². The smallest absolute Gasteiger partial charge is 0.123 e. The van der Waals surface area contributed by atoms with E-state index >= 15 is 0 Å². The molecule has 0 nitrogen and oxygen atoms in total. The molecule has 3 heteroatoms. The van der Waals surface area contributed by atoms with Gasteiger partial charge in [0, 0.05) is 16.3 Å². The summed E-state index contributed by atoms with van der Waals surface area (Å²) in [6, 6.07) is 14.7. The van der Waals surface area contributed by atoms with Crippen molar-refractivity contribution in [1.82, 2.24) is 0 Å². The Hall–Kier alpha value is -0.860. The van der Waals surface area contributed by atoms with E-state index in [1.54, 1.807) is 12.1 Å². The van der Waals surface area contributed by atoms with Crippen LogP contribution in [-0.4, -0.2) is 5.88 Å². The van der Waals surface area contributed by atoms with Crippen LogP contribution >= 0.6 is 27.5 Å². The first-order valence-corrected chi connectivity index (χ1v) is 7.08. The Morgan fingerprint density at radius 2 is 1.89 bits per heavy atom. The zero-order chi connectivity index (χ0) is 13.0. The van der Waals surface area contributed by atoms with E-state index in [-0.39, 0.29) is 11.7 Å². The molecular weight excluding hydrogens is 315 g/mol. The van der Waals surface area contributed by atoms with Gasteiger partial charge in [-0.2, -0.15) is 0 Å². The zero-order valence-electron chi connectivity index (χ0n) is 9.74.